The number of nitrogens with one attached hydrogen (secondary N) is 2. The summed E-state index contributed by atoms with van der Waals surface area (Å²) >= 11 is 23.3. The first-order valence-electron chi connectivity index (χ1n) is 8.61. The summed E-state index contributed by atoms with van der Waals surface area (Å²) in [6, 6.07) is 9.34. The highest BCUT2D eigenvalue weighted by molar-refractivity contribution is 7.80. The zero-order valence-electron chi connectivity index (χ0n) is 14.3. The van der Waals surface area contributed by atoms with E-state index in [1.54, 1.807) is 0 Å². The molecule has 8 heteroatoms. The number of carbonyl (C=O) groups excluding carboxylic acids is 1. The van der Waals surface area contributed by atoms with Gasteiger partial charge in [0, 0.05) is 5.71 Å². The smallest absolute Gasteiger partial charge is 0.228 e. The van der Waals surface area contributed by atoms with Crippen LogP contribution in [-0.4, -0.2) is 26.7 Å². The molecule has 26 heavy (non-hydrogen) atoms. The molecule has 1 fully saturated rings. The molecule has 1 aromatic carbocycles. The van der Waals surface area contributed by atoms with Gasteiger partial charge in [-0.15, -0.1) is 0 Å². The van der Waals surface area contributed by atoms with Crippen molar-refractivity contribution in [1.29, 1.82) is 0 Å². The van der Waals surface area contributed by atoms with Gasteiger partial charge in [0.2, 0.25) is 9.70 Å². The van der Waals surface area contributed by atoms with Crippen LogP contribution in [-0.2, 0) is 11.2 Å². The third-order valence-corrected chi connectivity index (χ3v) is 4.91. The van der Waals surface area contributed by atoms with Gasteiger partial charge in [0.15, 0.2) is 5.11 Å². The van der Waals surface area contributed by atoms with Crippen molar-refractivity contribution in [3.8, 4) is 0 Å². The van der Waals surface area contributed by atoms with Crippen LogP contribution in [0, 0.1) is 0 Å². The maximum atomic E-state index is 12.3. The number of nitrogens with zero attached hydrogens (tertiary/aromatic N) is 1. The van der Waals surface area contributed by atoms with E-state index in [4.69, 9.17) is 47.0 Å². The molecule has 1 aromatic rings. The first kappa shape index (κ1) is 21.4. The van der Waals surface area contributed by atoms with Gasteiger partial charge in [0.1, 0.15) is 6.17 Å². The molecule has 2 rings (SSSR count). The monoisotopic (exact) mass is 433 g/mol. The second-order valence-corrected chi connectivity index (χ2v) is 9.00. The minimum absolute atomic E-state index is 0.182. The topological polar surface area (TPSA) is 53.5 Å². The number of benzene rings is 1. The minimum Gasteiger partial charge on any atom is -0.337 e. The van der Waals surface area contributed by atoms with Gasteiger partial charge in [-0.1, -0.05) is 78.0 Å². The van der Waals surface area contributed by atoms with E-state index in [1.807, 2.05) is 30.3 Å². The average Bonchev–Trinajstić information content (AvgIpc) is 2.83. The number of rotatable bonds is 4. The van der Waals surface area contributed by atoms with Crippen LogP contribution in [0.5, 0.6) is 0 Å². The van der Waals surface area contributed by atoms with E-state index >= 15 is 0 Å². The number of hydrogen-bond donors (Lipinski definition) is 2. The summed E-state index contributed by atoms with van der Waals surface area (Å²) < 4.78 is -1.76. The molecule has 1 aliphatic carbocycles. The number of carbonyl (C=O) groups is 1. The van der Waals surface area contributed by atoms with Crippen molar-refractivity contribution >= 4 is 63.8 Å². The SMILES string of the molecule is O=C(Cc1ccccc1)N[C@@H](NC(=S)N=C1CCCCCC1)C(Cl)(Cl)Cl. The number of hydrogen-bond acceptors (Lipinski definition) is 2. The summed E-state index contributed by atoms with van der Waals surface area (Å²) in [5.41, 5.74) is 1.92. The Labute approximate surface area is 174 Å². The van der Waals surface area contributed by atoms with Gasteiger partial charge < -0.3 is 10.6 Å². The Kier molecular flexibility index (Phi) is 8.61. The normalized spacial score (nSPS) is 16.3. The Bertz CT molecular complexity index is 637. The Morgan fingerprint density at radius 1 is 1.08 bits per heavy atom. The second-order valence-electron chi connectivity index (χ2n) is 6.25. The van der Waals surface area contributed by atoms with Crippen LogP contribution in [0.15, 0.2) is 35.3 Å². The lowest BCUT2D eigenvalue weighted by molar-refractivity contribution is -0.121. The van der Waals surface area contributed by atoms with E-state index in [-0.39, 0.29) is 17.4 Å². The lowest BCUT2D eigenvalue weighted by Gasteiger charge is -2.26. The highest BCUT2D eigenvalue weighted by atomic mass is 35.6. The molecule has 4 nitrogen and oxygen atoms in total. The third kappa shape index (κ3) is 7.78. The van der Waals surface area contributed by atoms with Crippen molar-refractivity contribution < 1.29 is 4.79 Å². The molecule has 1 saturated carbocycles. The first-order chi connectivity index (χ1) is 12.3. The largest absolute Gasteiger partial charge is 0.337 e. The number of alkyl halides is 3. The molecular weight excluding hydrogens is 413 g/mol. The van der Waals surface area contributed by atoms with Gasteiger partial charge in [-0.2, -0.15) is 0 Å². The van der Waals surface area contributed by atoms with Crippen LogP contribution in [0.4, 0.5) is 0 Å². The van der Waals surface area contributed by atoms with Crippen molar-refractivity contribution in [2.24, 2.45) is 4.99 Å². The zero-order valence-corrected chi connectivity index (χ0v) is 17.4. The standard InChI is InChI=1S/C18H22Cl3N3OS/c19-18(20,21)16(23-15(25)12-13-8-4-3-5-9-13)24-17(26)22-14-10-6-1-2-7-11-14/h3-5,8-9,16H,1-2,6-7,10-12H2,(H,23,25)(H,24,26)/t16-/m0/s1. The Hall–Kier alpha value is -0.880. The van der Waals surface area contributed by atoms with Crippen LogP contribution in [0.3, 0.4) is 0 Å². The fourth-order valence-corrected chi connectivity index (χ4v) is 3.32. The van der Waals surface area contributed by atoms with Crippen LogP contribution >= 0.6 is 47.0 Å². The van der Waals surface area contributed by atoms with Crippen LogP contribution in [0.25, 0.3) is 0 Å². The number of halogens is 3. The quantitative estimate of drug-likeness (QED) is 0.312. The summed E-state index contributed by atoms with van der Waals surface area (Å²) in [5, 5.41) is 5.76. The lowest BCUT2D eigenvalue weighted by Crippen LogP contribution is -2.55. The van der Waals surface area contributed by atoms with Crippen molar-refractivity contribution in [3.63, 3.8) is 0 Å². The summed E-state index contributed by atoms with van der Waals surface area (Å²) in [4.78, 5) is 16.7. The predicted molar refractivity (Wildman–Crippen MR) is 113 cm³/mol. The number of amides is 1. The summed E-state index contributed by atoms with van der Waals surface area (Å²) in [6.07, 6.45) is 5.73. The van der Waals surface area contributed by atoms with Crippen molar-refractivity contribution in [2.75, 3.05) is 0 Å². The molecular formula is C18H22Cl3N3OS. The molecule has 0 saturated heterocycles. The van der Waals surface area contributed by atoms with Crippen molar-refractivity contribution in [3.05, 3.63) is 35.9 Å². The Balaban J connectivity index is 1.97. The molecule has 0 aliphatic heterocycles. The molecule has 0 spiro atoms. The molecule has 0 aromatic heterocycles. The molecule has 0 heterocycles. The molecule has 1 atom stereocenters. The molecule has 0 unspecified atom stereocenters. The van der Waals surface area contributed by atoms with Crippen molar-refractivity contribution in [2.45, 2.75) is 54.9 Å². The minimum atomic E-state index is -1.76. The molecule has 0 radical (unpaired) electrons. The second kappa shape index (κ2) is 10.5. The molecule has 142 valence electrons. The average molecular weight is 435 g/mol. The Morgan fingerprint density at radius 3 is 2.27 bits per heavy atom. The van der Waals surface area contributed by atoms with E-state index in [2.05, 4.69) is 15.6 Å². The maximum Gasteiger partial charge on any atom is 0.228 e. The molecule has 1 amide bonds. The molecule has 1 aliphatic rings. The lowest BCUT2D eigenvalue weighted by atomic mass is 10.1. The van der Waals surface area contributed by atoms with Gasteiger partial charge in [-0.05, 0) is 43.5 Å². The van der Waals surface area contributed by atoms with Crippen LogP contribution in [0.2, 0.25) is 0 Å². The van der Waals surface area contributed by atoms with Crippen LogP contribution < -0.4 is 10.6 Å². The fourth-order valence-electron chi connectivity index (χ4n) is 2.74. The predicted octanol–water partition coefficient (Wildman–Crippen LogP) is 4.71. The maximum absolute atomic E-state index is 12.3. The number of thiocarbonyl (C=S) groups is 1. The van der Waals surface area contributed by atoms with Gasteiger partial charge in [0.05, 0.1) is 6.42 Å². The number of aliphatic imine (C=N–C) groups is 1. The van der Waals surface area contributed by atoms with E-state index in [9.17, 15) is 4.79 Å². The van der Waals surface area contributed by atoms with Gasteiger partial charge >= 0.3 is 0 Å². The fraction of sp³-hybridized carbons (Fsp3) is 0.500. The molecule has 2 N–H and O–H groups in total. The van der Waals surface area contributed by atoms with E-state index in [1.165, 1.54) is 12.8 Å². The third-order valence-electron chi connectivity index (χ3n) is 4.05. The first-order valence-corrected chi connectivity index (χ1v) is 10.2. The molecule has 0 bridgehead atoms. The zero-order chi connectivity index (χ0) is 19.0. The van der Waals surface area contributed by atoms with E-state index in [0.29, 0.717) is 0 Å². The summed E-state index contributed by atoms with van der Waals surface area (Å²) in [7, 11) is 0. The summed E-state index contributed by atoms with van der Waals surface area (Å²) in [6.45, 7) is 0. The summed E-state index contributed by atoms with van der Waals surface area (Å²) in [5.74, 6) is -0.273. The van der Waals surface area contributed by atoms with Gasteiger partial charge in [-0.25, -0.2) is 4.99 Å². The highest BCUT2D eigenvalue weighted by Crippen LogP contribution is 2.29. The van der Waals surface area contributed by atoms with Gasteiger partial charge in [-0.3, -0.25) is 4.79 Å². The van der Waals surface area contributed by atoms with Gasteiger partial charge in [0.25, 0.3) is 0 Å². The Morgan fingerprint density at radius 2 is 1.69 bits per heavy atom. The highest BCUT2D eigenvalue weighted by Gasteiger charge is 2.34. The van der Waals surface area contributed by atoms with E-state index < -0.39 is 9.96 Å². The van der Waals surface area contributed by atoms with E-state index in [0.717, 1.165) is 37.0 Å². The van der Waals surface area contributed by atoms with Crippen LogP contribution in [0.1, 0.15) is 44.1 Å². The van der Waals surface area contributed by atoms with Crippen molar-refractivity contribution in [1.82, 2.24) is 10.6 Å².